The summed E-state index contributed by atoms with van der Waals surface area (Å²) in [7, 11) is 0. The van der Waals surface area contributed by atoms with E-state index >= 15 is 0 Å². The molecule has 0 atom stereocenters. The van der Waals surface area contributed by atoms with Gasteiger partial charge in [-0.2, -0.15) is 0 Å². The molecule has 2 rings (SSSR count). The lowest BCUT2D eigenvalue weighted by Gasteiger charge is -2.07. The zero-order chi connectivity index (χ0) is 14.7. The van der Waals surface area contributed by atoms with Gasteiger partial charge in [-0.1, -0.05) is 23.2 Å². The Balaban J connectivity index is 2.22. The molecule has 0 radical (unpaired) electrons. The van der Waals surface area contributed by atoms with Crippen molar-refractivity contribution in [3.8, 4) is 0 Å². The Morgan fingerprint density at radius 3 is 2.80 bits per heavy atom. The Labute approximate surface area is 123 Å². The van der Waals surface area contributed by atoms with E-state index in [1.807, 2.05) is 0 Å². The highest BCUT2D eigenvalue weighted by molar-refractivity contribution is 6.44. The number of halogens is 2. The molecule has 0 aliphatic rings. The lowest BCUT2D eigenvalue weighted by molar-refractivity contribution is -0.384. The van der Waals surface area contributed by atoms with Gasteiger partial charge < -0.3 is 10.3 Å². The zero-order valence-electron chi connectivity index (χ0n) is 9.89. The van der Waals surface area contributed by atoms with Crippen molar-refractivity contribution in [3.05, 3.63) is 56.1 Å². The fourth-order valence-electron chi connectivity index (χ4n) is 1.50. The molecule has 20 heavy (non-hydrogen) atoms. The van der Waals surface area contributed by atoms with Crippen LogP contribution in [0.15, 0.2) is 24.7 Å². The van der Waals surface area contributed by atoms with Gasteiger partial charge in [-0.3, -0.25) is 14.9 Å². The molecule has 0 aliphatic carbocycles. The van der Waals surface area contributed by atoms with E-state index in [-0.39, 0.29) is 27.8 Å². The number of nitrogens with zero attached hydrogens (tertiary/aromatic N) is 2. The number of carbonyl (C=O) groups excluding carboxylic acids is 1. The number of rotatable bonds is 4. The first-order chi connectivity index (χ1) is 9.49. The number of aromatic nitrogens is 2. The number of imidazole rings is 1. The number of nitrogens with one attached hydrogen (secondary N) is 2. The Hall–Kier alpha value is -2.12. The summed E-state index contributed by atoms with van der Waals surface area (Å²) < 4.78 is 0. The van der Waals surface area contributed by atoms with Crippen LogP contribution in [0.25, 0.3) is 0 Å². The van der Waals surface area contributed by atoms with Crippen molar-refractivity contribution < 1.29 is 9.72 Å². The lowest BCUT2D eigenvalue weighted by Crippen LogP contribution is -2.23. The molecule has 1 amide bonds. The van der Waals surface area contributed by atoms with Crippen LogP contribution in [0.4, 0.5) is 5.69 Å². The molecule has 0 fully saturated rings. The van der Waals surface area contributed by atoms with E-state index in [9.17, 15) is 14.9 Å². The molecule has 2 N–H and O–H groups in total. The number of carbonyl (C=O) groups is 1. The third-order valence-electron chi connectivity index (χ3n) is 2.46. The SMILES string of the molecule is O=C(NCc1cnc[nH]1)c1cc([N+](=O)[O-])cc(Cl)c1Cl. The Morgan fingerprint density at radius 2 is 2.20 bits per heavy atom. The maximum Gasteiger partial charge on any atom is 0.271 e. The van der Waals surface area contributed by atoms with Crippen LogP contribution < -0.4 is 5.32 Å². The fraction of sp³-hybridized carbons (Fsp3) is 0.0909. The van der Waals surface area contributed by atoms with Crippen LogP contribution in [0.3, 0.4) is 0 Å². The number of nitro groups is 1. The van der Waals surface area contributed by atoms with Gasteiger partial charge in [0, 0.05) is 18.3 Å². The summed E-state index contributed by atoms with van der Waals surface area (Å²) in [5.74, 6) is -0.560. The van der Waals surface area contributed by atoms with Crippen molar-refractivity contribution in [2.45, 2.75) is 6.54 Å². The number of hydrogen-bond donors (Lipinski definition) is 2. The molecule has 1 heterocycles. The number of hydrogen-bond acceptors (Lipinski definition) is 4. The third kappa shape index (κ3) is 3.06. The first-order valence-electron chi connectivity index (χ1n) is 5.38. The Kier molecular flexibility index (Phi) is 4.21. The summed E-state index contributed by atoms with van der Waals surface area (Å²) in [4.78, 5) is 28.7. The molecule has 0 aliphatic heterocycles. The lowest BCUT2D eigenvalue weighted by atomic mass is 10.2. The van der Waals surface area contributed by atoms with Crippen LogP contribution >= 0.6 is 23.2 Å². The fourth-order valence-corrected chi connectivity index (χ4v) is 1.91. The van der Waals surface area contributed by atoms with E-state index in [0.29, 0.717) is 5.69 Å². The van der Waals surface area contributed by atoms with Gasteiger partial charge in [0.05, 0.1) is 39.1 Å². The van der Waals surface area contributed by atoms with Crippen molar-refractivity contribution in [1.82, 2.24) is 15.3 Å². The minimum Gasteiger partial charge on any atom is -0.347 e. The van der Waals surface area contributed by atoms with Gasteiger partial charge in [0.25, 0.3) is 11.6 Å². The number of benzene rings is 1. The molecule has 7 nitrogen and oxygen atoms in total. The molecule has 104 valence electrons. The molecule has 1 aromatic carbocycles. The second-order valence-electron chi connectivity index (χ2n) is 3.81. The standard InChI is InChI=1S/C11H8Cl2N4O3/c12-9-2-7(17(19)20)1-8(10(9)13)11(18)15-4-6-3-14-5-16-6/h1-3,5H,4H2,(H,14,16)(H,15,18). The van der Waals surface area contributed by atoms with E-state index in [1.54, 1.807) is 6.20 Å². The van der Waals surface area contributed by atoms with Crippen molar-refractivity contribution in [3.63, 3.8) is 0 Å². The molecule has 0 saturated carbocycles. The summed E-state index contributed by atoms with van der Waals surface area (Å²) in [6.45, 7) is 0.190. The molecular formula is C11H8Cl2N4O3. The highest BCUT2D eigenvalue weighted by Gasteiger charge is 2.19. The summed E-state index contributed by atoms with van der Waals surface area (Å²) >= 11 is 11.7. The van der Waals surface area contributed by atoms with Gasteiger partial charge in [0.1, 0.15) is 0 Å². The average Bonchev–Trinajstić information content (AvgIpc) is 2.92. The summed E-state index contributed by atoms with van der Waals surface area (Å²) in [5.41, 5.74) is 0.336. The van der Waals surface area contributed by atoms with Crippen LogP contribution in [0.2, 0.25) is 10.0 Å². The Bertz CT molecular complexity index is 658. The third-order valence-corrected chi connectivity index (χ3v) is 3.26. The monoisotopic (exact) mass is 314 g/mol. The van der Waals surface area contributed by atoms with Crippen LogP contribution in [0.1, 0.15) is 16.1 Å². The molecule has 9 heteroatoms. The van der Waals surface area contributed by atoms with Crippen LogP contribution in [0.5, 0.6) is 0 Å². The molecule has 0 unspecified atom stereocenters. The first kappa shape index (κ1) is 14.3. The number of nitro benzene ring substituents is 1. The van der Waals surface area contributed by atoms with Crippen molar-refractivity contribution in [2.75, 3.05) is 0 Å². The van der Waals surface area contributed by atoms with E-state index in [2.05, 4.69) is 15.3 Å². The smallest absolute Gasteiger partial charge is 0.271 e. The highest BCUT2D eigenvalue weighted by Crippen LogP contribution is 2.30. The van der Waals surface area contributed by atoms with Gasteiger partial charge in [0.15, 0.2) is 0 Å². The topological polar surface area (TPSA) is 101 Å². The number of amides is 1. The first-order valence-corrected chi connectivity index (χ1v) is 6.13. The van der Waals surface area contributed by atoms with E-state index in [1.165, 1.54) is 6.33 Å². The zero-order valence-corrected chi connectivity index (χ0v) is 11.4. The number of non-ortho nitro benzene ring substituents is 1. The largest absolute Gasteiger partial charge is 0.347 e. The summed E-state index contributed by atoms with van der Waals surface area (Å²) in [6, 6.07) is 2.17. The second kappa shape index (κ2) is 5.89. The maximum absolute atomic E-state index is 12.0. The van der Waals surface area contributed by atoms with Gasteiger partial charge in [-0.05, 0) is 0 Å². The van der Waals surface area contributed by atoms with Gasteiger partial charge >= 0.3 is 0 Å². The van der Waals surface area contributed by atoms with E-state index < -0.39 is 10.8 Å². The number of H-pyrrole nitrogens is 1. The summed E-state index contributed by atoms with van der Waals surface area (Å²) in [6.07, 6.45) is 3.01. The predicted molar refractivity (Wildman–Crippen MR) is 72.9 cm³/mol. The minimum absolute atomic E-state index is 0.0284. The molecule has 2 aromatic rings. The van der Waals surface area contributed by atoms with Gasteiger partial charge in [-0.25, -0.2) is 4.98 Å². The van der Waals surface area contributed by atoms with Crippen molar-refractivity contribution in [1.29, 1.82) is 0 Å². The van der Waals surface area contributed by atoms with Gasteiger partial charge in [-0.15, -0.1) is 0 Å². The van der Waals surface area contributed by atoms with E-state index in [0.717, 1.165) is 12.1 Å². The number of aromatic amines is 1. The minimum atomic E-state index is -0.645. The molecule has 0 spiro atoms. The highest BCUT2D eigenvalue weighted by atomic mass is 35.5. The van der Waals surface area contributed by atoms with Gasteiger partial charge in [0.2, 0.25) is 0 Å². The molecule has 1 aromatic heterocycles. The van der Waals surface area contributed by atoms with Crippen LogP contribution in [-0.4, -0.2) is 20.8 Å². The molecular weight excluding hydrogens is 307 g/mol. The second-order valence-corrected chi connectivity index (χ2v) is 4.59. The van der Waals surface area contributed by atoms with Crippen LogP contribution in [-0.2, 0) is 6.54 Å². The Morgan fingerprint density at radius 1 is 1.45 bits per heavy atom. The average molecular weight is 315 g/mol. The quantitative estimate of drug-likeness (QED) is 0.668. The van der Waals surface area contributed by atoms with Crippen molar-refractivity contribution >= 4 is 34.8 Å². The van der Waals surface area contributed by atoms with E-state index in [4.69, 9.17) is 23.2 Å². The van der Waals surface area contributed by atoms with Crippen LogP contribution in [0, 0.1) is 10.1 Å². The predicted octanol–water partition coefficient (Wildman–Crippen LogP) is 2.55. The maximum atomic E-state index is 12.0. The molecule has 0 saturated heterocycles. The van der Waals surface area contributed by atoms with Crippen molar-refractivity contribution in [2.24, 2.45) is 0 Å². The normalized spacial score (nSPS) is 10.3. The summed E-state index contributed by atoms with van der Waals surface area (Å²) in [5, 5.41) is 13.2. The molecule has 0 bridgehead atoms.